The van der Waals surface area contributed by atoms with Gasteiger partial charge in [0.25, 0.3) is 0 Å². The molecule has 0 heterocycles. The summed E-state index contributed by atoms with van der Waals surface area (Å²) in [7, 11) is 0. The largest absolute Gasteiger partial charge is 0.396 e. The summed E-state index contributed by atoms with van der Waals surface area (Å²) in [4.78, 5) is 34.0. The summed E-state index contributed by atoms with van der Waals surface area (Å²) in [5.41, 5.74) is 4.73. The molecule has 0 saturated carbocycles. The first kappa shape index (κ1) is 32.1. The van der Waals surface area contributed by atoms with E-state index in [-0.39, 0.29) is 30.4 Å². The number of carbonyl (C=O) groups excluding carboxylic acids is 3. The van der Waals surface area contributed by atoms with E-state index in [4.69, 9.17) is 17.3 Å². The van der Waals surface area contributed by atoms with Gasteiger partial charge in [-0.3, -0.25) is 14.4 Å². The summed E-state index contributed by atoms with van der Waals surface area (Å²) in [6.45, 7) is 11.9. The molecule has 0 aromatic heterocycles. The van der Waals surface area contributed by atoms with Crippen molar-refractivity contribution in [2.75, 3.05) is 26.2 Å². The van der Waals surface area contributed by atoms with Crippen LogP contribution in [0.3, 0.4) is 0 Å². The summed E-state index contributed by atoms with van der Waals surface area (Å²) in [6, 6.07) is -0.290. The zero-order valence-electron chi connectivity index (χ0n) is 20.8. The monoisotopic (exact) mass is 454 g/mol. The van der Waals surface area contributed by atoms with Crippen molar-refractivity contribution in [2.45, 2.75) is 85.6 Å². The molecule has 1 atom stereocenters. The average molecular weight is 455 g/mol. The number of aliphatic hydroxyl groups excluding tert-OH is 1. The maximum absolute atomic E-state index is 11.9. The molecule has 0 fully saturated rings. The topological polar surface area (TPSA) is 134 Å². The molecule has 0 spiro atoms. The van der Waals surface area contributed by atoms with Crippen molar-refractivity contribution in [2.24, 2.45) is 17.1 Å². The van der Waals surface area contributed by atoms with E-state index < -0.39 is 5.41 Å². The van der Waals surface area contributed by atoms with Crippen LogP contribution in [-0.4, -0.2) is 55.1 Å². The van der Waals surface area contributed by atoms with E-state index in [1.807, 2.05) is 20.8 Å². The van der Waals surface area contributed by atoms with E-state index in [2.05, 4.69) is 35.7 Å². The molecule has 1 unspecified atom stereocenters. The number of terminal acetylenes is 1. The minimum absolute atomic E-state index is 0.00337. The molecule has 186 valence electrons. The summed E-state index contributed by atoms with van der Waals surface area (Å²) < 4.78 is 0. The van der Waals surface area contributed by atoms with Gasteiger partial charge in [0.15, 0.2) is 0 Å². The second kappa shape index (κ2) is 19.6. The fourth-order valence-electron chi connectivity index (χ4n) is 2.67. The number of hydrogen-bond donors (Lipinski definition) is 5. The molecule has 0 saturated heterocycles. The van der Waals surface area contributed by atoms with Crippen LogP contribution >= 0.6 is 0 Å². The molecule has 0 aliphatic rings. The number of hydrogen-bond acceptors (Lipinski definition) is 5. The molecule has 0 radical (unpaired) electrons. The number of amides is 3. The number of primary amides is 1. The highest BCUT2D eigenvalue weighted by molar-refractivity contribution is 5.81. The standard InChI is InChI=1S/C14H29N3O3.C10H17NO/c1-4-16-11(12(15)19)7-5-6-9-17-13(20)14(2,3)8-10-18;1-4-5-6-10(12)11-8-7-9(2)3/h11,16,18H,4-10H2,1-3H3,(H2,15,19)(H,17,20);1,9H,5-8H2,2-3H3,(H,11,12). The Kier molecular flexibility index (Phi) is 19.6. The van der Waals surface area contributed by atoms with Crippen LogP contribution in [-0.2, 0) is 14.4 Å². The van der Waals surface area contributed by atoms with Crippen LogP contribution in [0.1, 0.15) is 79.6 Å². The van der Waals surface area contributed by atoms with Gasteiger partial charge >= 0.3 is 0 Å². The van der Waals surface area contributed by atoms with Crippen molar-refractivity contribution in [3.63, 3.8) is 0 Å². The van der Waals surface area contributed by atoms with Crippen LogP contribution in [0.4, 0.5) is 0 Å². The molecule has 0 aromatic rings. The third kappa shape index (κ3) is 18.6. The SMILES string of the molecule is C#CCCC(=O)NCCC(C)C.CCNC(CCCCNC(=O)C(C)(C)CCO)C(N)=O. The zero-order chi connectivity index (χ0) is 25.0. The third-order valence-corrected chi connectivity index (χ3v) is 4.89. The van der Waals surface area contributed by atoms with Gasteiger partial charge in [-0.1, -0.05) is 34.6 Å². The van der Waals surface area contributed by atoms with Gasteiger partial charge in [0, 0.05) is 38.0 Å². The van der Waals surface area contributed by atoms with Crippen LogP contribution in [0.25, 0.3) is 0 Å². The first-order valence-electron chi connectivity index (χ1n) is 11.6. The lowest BCUT2D eigenvalue weighted by Crippen LogP contribution is -2.41. The Morgan fingerprint density at radius 2 is 1.75 bits per heavy atom. The average Bonchev–Trinajstić information content (AvgIpc) is 2.71. The molecule has 0 rings (SSSR count). The van der Waals surface area contributed by atoms with Crippen molar-refractivity contribution in [3.8, 4) is 12.3 Å². The summed E-state index contributed by atoms with van der Waals surface area (Å²) in [5, 5.41) is 17.6. The summed E-state index contributed by atoms with van der Waals surface area (Å²) >= 11 is 0. The predicted octanol–water partition coefficient (Wildman–Crippen LogP) is 1.71. The quantitative estimate of drug-likeness (QED) is 0.179. The lowest BCUT2D eigenvalue weighted by Gasteiger charge is -2.22. The van der Waals surface area contributed by atoms with Gasteiger partial charge in [0.1, 0.15) is 0 Å². The highest BCUT2D eigenvalue weighted by Gasteiger charge is 2.26. The van der Waals surface area contributed by atoms with Gasteiger partial charge < -0.3 is 26.8 Å². The number of unbranched alkanes of at least 4 members (excludes halogenated alkanes) is 1. The molecule has 6 N–H and O–H groups in total. The van der Waals surface area contributed by atoms with E-state index in [1.165, 1.54) is 0 Å². The van der Waals surface area contributed by atoms with E-state index in [0.717, 1.165) is 25.8 Å². The maximum atomic E-state index is 11.9. The van der Waals surface area contributed by atoms with Gasteiger partial charge in [-0.2, -0.15) is 0 Å². The highest BCUT2D eigenvalue weighted by atomic mass is 16.3. The second-order valence-corrected chi connectivity index (χ2v) is 8.86. The van der Waals surface area contributed by atoms with E-state index in [9.17, 15) is 14.4 Å². The van der Waals surface area contributed by atoms with Crippen LogP contribution < -0.4 is 21.7 Å². The molecular weight excluding hydrogens is 408 g/mol. The Hall–Kier alpha value is -2.11. The number of likely N-dealkylation sites (N-methyl/N-ethyl adjacent to an activating group) is 1. The fourth-order valence-corrected chi connectivity index (χ4v) is 2.67. The lowest BCUT2D eigenvalue weighted by molar-refractivity contribution is -0.130. The Morgan fingerprint density at radius 3 is 2.25 bits per heavy atom. The molecule has 8 heteroatoms. The number of carbonyl (C=O) groups is 3. The third-order valence-electron chi connectivity index (χ3n) is 4.89. The molecule has 0 aromatic carbocycles. The van der Waals surface area contributed by atoms with Crippen molar-refractivity contribution in [3.05, 3.63) is 0 Å². The number of rotatable bonds is 16. The van der Waals surface area contributed by atoms with Gasteiger partial charge in [-0.15, -0.1) is 12.3 Å². The molecule has 32 heavy (non-hydrogen) atoms. The number of nitrogens with two attached hydrogens (primary N) is 1. The Labute approximate surface area is 194 Å². The molecule has 0 aliphatic carbocycles. The minimum atomic E-state index is -0.547. The van der Waals surface area contributed by atoms with Gasteiger partial charge in [-0.25, -0.2) is 0 Å². The molecule has 0 aliphatic heterocycles. The van der Waals surface area contributed by atoms with Crippen molar-refractivity contribution >= 4 is 17.7 Å². The van der Waals surface area contributed by atoms with Crippen LogP contribution in [0.5, 0.6) is 0 Å². The highest BCUT2D eigenvalue weighted by Crippen LogP contribution is 2.19. The minimum Gasteiger partial charge on any atom is -0.396 e. The second-order valence-electron chi connectivity index (χ2n) is 8.86. The lowest BCUT2D eigenvalue weighted by atomic mass is 9.88. The molecular formula is C24H46N4O4. The van der Waals surface area contributed by atoms with Crippen LogP contribution in [0.2, 0.25) is 0 Å². The molecule has 3 amide bonds. The van der Waals surface area contributed by atoms with Gasteiger partial charge in [0.05, 0.1) is 6.04 Å². The predicted molar refractivity (Wildman–Crippen MR) is 130 cm³/mol. The van der Waals surface area contributed by atoms with Crippen LogP contribution in [0, 0.1) is 23.7 Å². The fraction of sp³-hybridized carbons (Fsp3) is 0.792. The van der Waals surface area contributed by atoms with Gasteiger partial charge in [-0.05, 0) is 44.6 Å². The Bertz CT molecular complexity index is 571. The molecule has 0 bridgehead atoms. The summed E-state index contributed by atoms with van der Waals surface area (Å²) in [6.07, 6.45) is 9.79. The zero-order valence-corrected chi connectivity index (χ0v) is 20.8. The van der Waals surface area contributed by atoms with Crippen LogP contribution in [0.15, 0.2) is 0 Å². The summed E-state index contributed by atoms with van der Waals surface area (Å²) in [5.74, 6) is 2.75. The first-order chi connectivity index (χ1) is 15.0. The van der Waals surface area contributed by atoms with E-state index in [1.54, 1.807) is 0 Å². The van der Waals surface area contributed by atoms with Crippen molar-refractivity contribution < 1.29 is 19.5 Å². The Morgan fingerprint density at radius 1 is 1.09 bits per heavy atom. The van der Waals surface area contributed by atoms with E-state index in [0.29, 0.717) is 44.7 Å². The van der Waals surface area contributed by atoms with Crippen molar-refractivity contribution in [1.29, 1.82) is 0 Å². The smallest absolute Gasteiger partial charge is 0.234 e. The number of aliphatic hydroxyl groups is 1. The Balaban J connectivity index is 0. The van der Waals surface area contributed by atoms with E-state index >= 15 is 0 Å². The van der Waals surface area contributed by atoms with Crippen molar-refractivity contribution in [1.82, 2.24) is 16.0 Å². The molecule has 8 nitrogen and oxygen atoms in total. The first-order valence-corrected chi connectivity index (χ1v) is 11.6. The van der Waals surface area contributed by atoms with Gasteiger partial charge in [0.2, 0.25) is 17.7 Å². The normalized spacial score (nSPS) is 11.7. The number of nitrogens with one attached hydrogen (secondary N) is 3. The maximum Gasteiger partial charge on any atom is 0.234 e.